The number of fused-ring (bicyclic) bond motifs is 1. The molecule has 0 spiro atoms. The summed E-state index contributed by atoms with van der Waals surface area (Å²) in [7, 11) is 0. The molecule has 0 saturated carbocycles. The van der Waals surface area contributed by atoms with Crippen LogP contribution < -0.4 is 0 Å². The first-order valence-electron chi connectivity index (χ1n) is 7.04. The minimum Gasteiger partial charge on any atom is -0.298 e. The van der Waals surface area contributed by atoms with Gasteiger partial charge in [0, 0.05) is 23.3 Å². The molecule has 2 nitrogen and oxygen atoms in total. The van der Waals surface area contributed by atoms with Crippen molar-refractivity contribution in [3.8, 4) is 0 Å². The molecule has 1 aromatic carbocycles. The average molecular weight is 255 g/mol. The maximum atomic E-state index is 10.6. The molecule has 2 aromatic rings. The largest absolute Gasteiger partial charge is 0.298 e. The fourth-order valence-corrected chi connectivity index (χ4v) is 2.10. The summed E-state index contributed by atoms with van der Waals surface area (Å²) in [5, 5.41) is 1.96. The summed E-state index contributed by atoms with van der Waals surface area (Å²) in [5.74, 6) is 0. The summed E-state index contributed by atoms with van der Waals surface area (Å²) in [6, 6.07) is 7.70. The van der Waals surface area contributed by atoms with Crippen LogP contribution in [-0.2, 0) is 0 Å². The zero-order chi connectivity index (χ0) is 14.1. The van der Waals surface area contributed by atoms with E-state index in [1.165, 1.54) is 19.0 Å². The molecular formula is C16H22BNO. The first-order chi connectivity index (χ1) is 9.26. The number of hydrogen-bond donors (Lipinski definition) is 0. The van der Waals surface area contributed by atoms with Crippen molar-refractivity contribution in [2.75, 3.05) is 0 Å². The van der Waals surface area contributed by atoms with Crippen molar-refractivity contribution in [1.82, 2.24) is 4.98 Å². The van der Waals surface area contributed by atoms with Crippen LogP contribution in [0.3, 0.4) is 0 Å². The normalized spacial score (nSPS) is 9.63. The van der Waals surface area contributed by atoms with Gasteiger partial charge in [-0.25, -0.2) is 0 Å². The van der Waals surface area contributed by atoms with E-state index >= 15 is 0 Å². The van der Waals surface area contributed by atoms with Crippen LogP contribution in [0.4, 0.5) is 0 Å². The number of benzene rings is 1. The Morgan fingerprint density at radius 1 is 1.05 bits per heavy atom. The molecule has 0 radical (unpaired) electrons. The van der Waals surface area contributed by atoms with Gasteiger partial charge in [0.1, 0.15) is 6.71 Å². The zero-order valence-corrected chi connectivity index (χ0v) is 12.1. The first kappa shape index (κ1) is 15.4. The van der Waals surface area contributed by atoms with Crippen LogP contribution in [0.2, 0.25) is 19.0 Å². The number of rotatable bonds is 4. The summed E-state index contributed by atoms with van der Waals surface area (Å²) < 4.78 is 0. The molecule has 0 aliphatic heterocycles. The highest BCUT2D eigenvalue weighted by Gasteiger charge is 2.01. The molecule has 1 aromatic heterocycles. The van der Waals surface area contributed by atoms with Crippen LogP contribution >= 0.6 is 0 Å². The quantitative estimate of drug-likeness (QED) is 0.590. The molecule has 1 heterocycles. The Labute approximate surface area is 116 Å². The van der Waals surface area contributed by atoms with E-state index in [1.54, 1.807) is 12.4 Å². The molecule has 0 fully saturated rings. The molecule has 0 bridgehead atoms. The third-order valence-corrected chi connectivity index (χ3v) is 3.56. The second-order valence-electron chi connectivity index (χ2n) is 4.66. The minimum atomic E-state index is 0.646. The molecule has 3 heteroatoms. The van der Waals surface area contributed by atoms with Crippen LogP contribution in [0.1, 0.15) is 31.1 Å². The Morgan fingerprint density at radius 2 is 1.68 bits per heavy atom. The molecule has 0 unspecified atom stereocenters. The number of carbonyl (C=O) groups excluding carboxylic acids is 1. The van der Waals surface area contributed by atoms with Crippen molar-refractivity contribution in [2.24, 2.45) is 0 Å². The van der Waals surface area contributed by atoms with Crippen LogP contribution in [0.15, 0.2) is 36.7 Å². The van der Waals surface area contributed by atoms with Gasteiger partial charge in [0.25, 0.3) is 0 Å². The van der Waals surface area contributed by atoms with E-state index in [0.717, 1.165) is 23.8 Å². The second kappa shape index (κ2) is 8.46. The van der Waals surface area contributed by atoms with Gasteiger partial charge in [0.05, 0.1) is 0 Å². The highest BCUT2D eigenvalue weighted by molar-refractivity contribution is 6.58. The summed E-state index contributed by atoms with van der Waals surface area (Å²) >= 11 is 0. The van der Waals surface area contributed by atoms with Crippen molar-refractivity contribution in [2.45, 2.75) is 39.7 Å². The number of pyridine rings is 1. The Morgan fingerprint density at radius 3 is 2.21 bits per heavy atom. The standard InChI is InChI=1S/C10H7NO.C6H15B/c12-7-9-6-11-5-8-3-1-2-4-10(8)9;1-4-7(5-2)6-3/h1-7H;4-6H2,1-3H3. The molecule has 19 heavy (non-hydrogen) atoms. The van der Waals surface area contributed by atoms with Gasteiger partial charge in [0.15, 0.2) is 6.29 Å². The Kier molecular flexibility index (Phi) is 6.87. The van der Waals surface area contributed by atoms with Gasteiger partial charge in [0.2, 0.25) is 0 Å². The molecule has 0 amide bonds. The van der Waals surface area contributed by atoms with Gasteiger partial charge >= 0.3 is 0 Å². The van der Waals surface area contributed by atoms with Crippen molar-refractivity contribution < 1.29 is 4.79 Å². The molecule has 0 saturated heterocycles. The van der Waals surface area contributed by atoms with Crippen molar-refractivity contribution in [3.63, 3.8) is 0 Å². The maximum Gasteiger partial charge on any atom is 0.152 e. The summed E-state index contributed by atoms with van der Waals surface area (Å²) in [5.41, 5.74) is 0.646. The third kappa shape index (κ3) is 4.51. The van der Waals surface area contributed by atoms with Gasteiger partial charge < -0.3 is 0 Å². The predicted molar refractivity (Wildman–Crippen MR) is 84.3 cm³/mol. The molecule has 2 rings (SSSR count). The summed E-state index contributed by atoms with van der Waals surface area (Å²) in [6.45, 7) is 7.77. The van der Waals surface area contributed by atoms with Crippen molar-refractivity contribution in [3.05, 3.63) is 42.2 Å². The van der Waals surface area contributed by atoms with E-state index in [0.29, 0.717) is 5.56 Å². The van der Waals surface area contributed by atoms with E-state index in [4.69, 9.17) is 0 Å². The fourth-order valence-electron chi connectivity index (χ4n) is 2.10. The fraction of sp³-hybridized carbons (Fsp3) is 0.375. The van der Waals surface area contributed by atoms with Crippen molar-refractivity contribution >= 4 is 23.8 Å². The highest BCUT2D eigenvalue weighted by atomic mass is 16.1. The lowest BCUT2D eigenvalue weighted by Crippen LogP contribution is -2.04. The minimum absolute atomic E-state index is 0.646. The predicted octanol–water partition coefficient (Wildman–Crippen LogP) is 4.59. The zero-order valence-electron chi connectivity index (χ0n) is 12.1. The van der Waals surface area contributed by atoms with E-state index in [9.17, 15) is 4.79 Å². The van der Waals surface area contributed by atoms with E-state index in [1.807, 2.05) is 24.3 Å². The Bertz CT molecular complexity index is 498. The molecular weight excluding hydrogens is 233 g/mol. The van der Waals surface area contributed by atoms with E-state index in [2.05, 4.69) is 25.8 Å². The smallest absolute Gasteiger partial charge is 0.152 e. The maximum absolute atomic E-state index is 10.6. The number of aldehydes is 1. The lowest BCUT2D eigenvalue weighted by molar-refractivity contribution is 0.112. The number of nitrogens with zero attached hydrogens (tertiary/aromatic N) is 1. The van der Waals surface area contributed by atoms with Gasteiger partial charge in [-0.15, -0.1) is 0 Å². The summed E-state index contributed by atoms with van der Waals surface area (Å²) in [4.78, 5) is 14.5. The van der Waals surface area contributed by atoms with Crippen LogP contribution in [0, 0.1) is 0 Å². The monoisotopic (exact) mass is 255 g/mol. The van der Waals surface area contributed by atoms with Crippen LogP contribution in [0.25, 0.3) is 10.8 Å². The molecule has 0 atom stereocenters. The van der Waals surface area contributed by atoms with E-state index < -0.39 is 0 Å². The Balaban J connectivity index is 0.000000224. The topological polar surface area (TPSA) is 30.0 Å². The number of hydrogen-bond acceptors (Lipinski definition) is 2. The second-order valence-corrected chi connectivity index (χ2v) is 4.66. The first-order valence-corrected chi connectivity index (χ1v) is 7.04. The van der Waals surface area contributed by atoms with Crippen LogP contribution in [-0.4, -0.2) is 18.0 Å². The summed E-state index contributed by atoms with van der Waals surface area (Å²) in [6.07, 6.45) is 8.22. The Hall–Kier alpha value is -1.64. The third-order valence-electron chi connectivity index (χ3n) is 3.56. The van der Waals surface area contributed by atoms with Crippen molar-refractivity contribution in [1.29, 1.82) is 0 Å². The van der Waals surface area contributed by atoms with Gasteiger partial charge in [-0.05, 0) is 5.39 Å². The number of aromatic nitrogens is 1. The molecule has 0 N–H and O–H groups in total. The van der Waals surface area contributed by atoms with E-state index in [-0.39, 0.29) is 0 Å². The SMILES string of the molecule is CCB(CC)CC.O=Cc1cncc2ccccc12. The number of carbonyl (C=O) groups is 1. The highest BCUT2D eigenvalue weighted by Crippen LogP contribution is 2.14. The molecule has 100 valence electrons. The van der Waals surface area contributed by atoms with Crippen LogP contribution in [0.5, 0.6) is 0 Å². The average Bonchev–Trinajstić information content (AvgIpc) is 2.49. The van der Waals surface area contributed by atoms with Gasteiger partial charge in [-0.3, -0.25) is 9.78 Å². The van der Waals surface area contributed by atoms with Gasteiger partial charge in [-0.1, -0.05) is 64.0 Å². The lowest BCUT2D eigenvalue weighted by Gasteiger charge is -2.00. The lowest BCUT2D eigenvalue weighted by atomic mass is 9.44. The molecule has 0 aliphatic rings. The van der Waals surface area contributed by atoms with Gasteiger partial charge in [-0.2, -0.15) is 0 Å². The molecule has 0 aliphatic carbocycles.